The summed E-state index contributed by atoms with van der Waals surface area (Å²) in [6, 6.07) is 4.15. The van der Waals surface area contributed by atoms with Crippen LogP contribution in [-0.4, -0.2) is 53.7 Å². The first-order valence-electron chi connectivity index (χ1n) is 7.65. The van der Waals surface area contributed by atoms with Crippen LogP contribution in [0.2, 0.25) is 0 Å². The van der Waals surface area contributed by atoms with Gasteiger partial charge in [-0.1, -0.05) is 6.07 Å². The first-order chi connectivity index (χ1) is 11.4. The molecule has 6 nitrogen and oxygen atoms in total. The summed E-state index contributed by atoms with van der Waals surface area (Å²) in [5.41, 5.74) is 0.818. The first-order valence-corrected chi connectivity index (χ1v) is 7.65. The fourth-order valence-electron chi connectivity index (χ4n) is 2.53. The van der Waals surface area contributed by atoms with Crippen molar-refractivity contribution in [1.82, 2.24) is 20.5 Å². The Morgan fingerprint density at radius 2 is 2.08 bits per heavy atom. The molecule has 1 fully saturated rings. The van der Waals surface area contributed by atoms with Crippen molar-refractivity contribution in [3.63, 3.8) is 0 Å². The molecule has 2 N–H and O–H groups in total. The highest BCUT2D eigenvalue weighted by Gasteiger charge is 2.36. The van der Waals surface area contributed by atoms with Crippen LogP contribution in [0.3, 0.4) is 0 Å². The molecule has 2 rings (SSSR count). The second-order valence-corrected chi connectivity index (χ2v) is 5.49. The lowest BCUT2D eigenvalue weighted by molar-refractivity contribution is -0.140. The van der Waals surface area contributed by atoms with Gasteiger partial charge in [-0.25, -0.2) is 4.79 Å². The van der Waals surface area contributed by atoms with Crippen LogP contribution in [0.15, 0.2) is 24.4 Å². The van der Waals surface area contributed by atoms with Crippen LogP contribution in [0.5, 0.6) is 0 Å². The Balaban J connectivity index is 1.80. The third-order valence-corrected chi connectivity index (χ3v) is 3.66. The molecule has 132 valence electrons. The average molecular weight is 344 g/mol. The predicted molar refractivity (Wildman–Crippen MR) is 80.1 cm³/mol. The van der Waals surface area contributed by atoms with Crippen LogP contribution < -0.4 is 10.6 Å². The van der Waals surface area contributed by atoms with E-state index in [1.54, 1.807) is 12.3 Å². The van der Waals surface area contributed by atoms with Crippen LogP contribution in [0.25, 0.3) is 0 Å². The summed E-state index contributed by atoms with van der Waals surface area (Å²) in [6.45, 7) is -0.708. The van der Waals surface area contributed by atoms with Gasteiger partial charge >= 0.3 is 12.2 Å². The molecule has 0 unspecified atom stereocenters. The van der Waals surface area contributed by atoms with E-state index in [0.29, 0.717) is 32.4 Å². The van der Waals surface area contributed by atoms with Crippen molar-refractivity contribution in [2.24, 2.45) is 0 Å². The molecule has 0 radical (unpaired) electrons. The molecule has 0 aliphatic carbocycles. The molecule has 9 heteroatoms. The van der Waals surface area contributed by atoms with E-state index < -0.39 is 30.7 Å². The number of aromatic nitrogens is 1. The number of hydrogen-bond acceptors (Lipinski definition) is 3. The highest BCUT2D eigenvalue weighted by Crippen LogP contribution is 2.18. The lowest BCUT2D eigenvalue weighted by Gasteiger charge is -2.24. The van der Waals surface area contributed by atoms with E-state index in [1.165, 1.54) is 4.90 Å². The molecule has 3 amide bonds. The number of likely N-dealkylation sites (tertiary alicyclic amines) is 1. The van der Waals surface area contributed by atoms with Crippen molar-refractivity contribution in [3.05, 3.63) is 30.1 Å². The molecule has 24 heavy (non-hydrogen) atoms. The number of nitrogens with zero attached hydrogens (tertiary/aromatic N) is 2. The van der Waals surface area contributed by atoms with Gasteiger partial charge in [-0.15, -0.1) is 0 Å². The summed E-state index contributed by atoms with van der Waals surface area (Å²) in [7, 11) is 0. The van der Waals surface area contributed by atoms with Crippen LogP contribution >= 0.6 is 0 Å². The van der Waals surface area contributed by atoms with Crippen LogP contribution in [0, 0.1) is 0 Å². The minimum Gasteiger partial charge on any atom is -0.345 e. The highest BCUT2D eigenvalue weighted by molar-refractivity contribution is 5.87. The van der Waals surface area contributed by atoms with Crippen LogP contribution in [0.1, 0.15) is 18.5 Å². The van der Waals surface area contributed by atoms with Crippen molar-refractivity contribution < 1.29 is 22.8 Å². The van der Waals surface area contributed by atoms with E-state index in [-0.39, 0.29) is 0 Å². The molecule has 0 aromatic carbocycles. The molecule has 1 aliphatic heterocycles. The molecular formula is C15H19F3N4O2. The quantitative estimate of drug-likeness (QED) is 0.850. The lowest BCUT2D eigenvalue weighted by Crippen LogP contribution is -2.51. The number of hydrogen-bond donors (Lipinski definition) is 2. The highest BCUT2D eigenvalue weighted by atomic mass is 19.4. The number of nitrogens with one attached hydrogen (secondary N) is 2. The molecule has 1 aromatic rings. The van der Waals surface area contributed by atoms with Crippen molar-refractivity contribution >= 4 is 11.9 Å². The number of halogens is 3. The predicted octanol–water partition coefficient (Wildman–Crippen LogP) is 1.48. The van der Waals surface area contributed by atoms with E-state index in [1.807, 2.05) is 17.4 Å². The fraction of sp³-hybridized carbons (Fsp3) is 0.533. The second-order valence-electron chi connectivity index (χ2n) is 5.49. The first kappa shape index (κ1) is 18.0. The smallest absolute Gasteiger partial charge is 0.345 e. The van der Waals surface area contributed by atoms with Gasteiger partial charge in [-0.2, -0.15) is 13.2 Å². The molecule has 0 spiro atoms. The van der Waals surface area contributed by atoms with E-state index in [4.69, 9.17) is 0 Å². The molecule has 1 atom stereocenters. The summed E-state index contributed by atoms with van der Waals surface area (Å²) in [5, 5.41) is 4.51. The van der Waals surface area contributed by atoms with E-state index >= 15 is 0 Å². The van der Waals surface area contributed by atoms with Gasteiger partial charge < -0.3 is 15.5 Å². The number of alkyl halides is 3. The van der Waals surface area contributed by atoms with Gasteiger partial charge in [0.05, 0.1) is 0 Å². The zero-order valence-electron chi connectivity index (χ0n) is 13.0. The van der Waals surface area contributed by atoms with Crippen molar-refractivity contribution in [1.29, 1.82) is 0 Å². The Kier molecular flexibility index (Phi) is 5.99. The van der Waals surface area contributed by atoms with Gasteiger partial charge in [0.25, 0.3) is 0 Å². The SMILES string of the molecule is O=C(NCC(F)(F)F)[C@H]1CCCN1C(=O)NCCc1ccccn1. The van der Waals surface area contributed by atoms with Crippen LogP contribution in [0.4, 0.5) is 18.0 Å². The van der Waals surface area contributed by atoms with Crippen molar-refractivity contribution in [2.75, 3.05) is 19.6 Å². The largest absolute Gasteiger partial charge is 0.405 e. The standard InChI is InChI=1S/C15H19F3N4O2/c16-15(17,18)10-21-13(23)12-5-3-9-22(12)14(24)20-8-6-11-4-1-2-7-19-11/h1-2,4,7,12H,3,5-6,8-10H2,(H,20,24)(H,21,23)/t12-/m1/s1. The number of pyridine rings is 1. The van der Waals surface area contributed by atoms with E-state index in [0.717, 1.165) is 5.69 Å². The monoisotopic (exact) mass is 344 g/mol. The summed E-state index contributed by atoms with van der Waals surface area (Å²) >= 11 is 0. The number of amides is 3. The third kappa shape index (κ3) is 5.39. The fourth-order valence-corrected chi connectivity index (χ4v) is 2.53. The van der Waals surface area contributed by atoms with Gasteiger partial charge in [0.1, 0.15) is 12.6 Å². The molecule has 1 aliphatic rings. The van der Waals surface area contributed by atoms with Gasteiger partial charge in [0.2, 0.25) is 5.91 Å². The molecule has 1 saturated heterocycles. The summed E-state index contributed by atoms with van der Waals surface area (Å²) < 4.78 is 36.5. The molecule has 0 bridgehead atoms. The summed E-state index contributed by atoms with van der Waals surface area (Å²) in [4.78, 5) is 29.4. The summed E-state index contributed by atoms with van der Waals surface area (Å²) in [6.07, 6.45) is -1.34. The summed E-state index contributed by atoms with van der Waals surface area (Å²) in [5.74, 6) is -0.773. The minimum absolute atomic E-state index is 0.337. The Labute approximate surface area is 137 Å². The number of carbonyl (C=O) groups excluding carboxylic acids is 2. The maximum absolute atomic E-state index is 12.2. The zero-order valence-corrected chi connectivity index (χ0v) is 13.0. The van der Waals surface area contributed by atoms with Gasteiger partial charge in [0, 0.05) is 31.4 Å². The number of urea groups is 1. The van der Waals surface area contributed by atoms with Crippen molar-refractivity contribution in [2.45, 2.75) is 31.5 Å². The molecular weight excluding hydrogens is 325 g/mol. The zero-order chi connectivity index (χ0) is 17.6. The number of rotatable bonds is 5. The van der Waals surface area contributed by atoms with E-state index in [9.17, 15) is 22.8 Å². The second kappa shape index (κ2) is 7.98. The topological polar surface area (TPSA) is 74.3 Å². The third-order valence-electron chi connectivity index (χ3n) is 3.66. The Morgan fingerprint density at radius 1 is 1.29 bits per heavy atom. The lowest BCUT2D eigenvalue weighted by atomic mass is 10.2. The van der Waals surface area contributed by atoms with Crippen LogP contribution in [-0.2, 0) is 11.2 Å². The van der Waals surface area contributed by atoms with Crippen molar-refractivity contribution in [3.8, 4) is 0 Å². The minimum atomic E-state index is -4.47. The van der Waals surface area contributed by atoms with E-state index in [2.05, 4.69) is 10.3 Å². The Morgan fingerprint density at radius 3 is 2.75 bits per heavy atom. The Bertz CT molecular complexity index is 566. The maximum Gasteiger partial charge on any atom is 0.405 e. The molecule has 0 saturated carbocycles. The molecule has 2 heterocycles. The maximum atomic E-state index is 12.2. The van der Waals surface area contributed by atoms with Gasteiger partial charge in [-0.3, -0.25) is 9.78 Å². The van der Waals surface area contributed by atoms with Gasteiger partial charge in [0.15, 0.2) is 0 Å². The molecule has 1 aromatic heterocycles. The normalized spacial score (nSPS) is 17.6. The Hall–Kier alpha value is -2.32. The average Bonchev–Trinajstić information content (AvgIpc) is 3.02. The van der Waals surface area contributed by atoms with Gasteiger partial charge in [-0.05, 0) is 25.0 Å². The number of carbonyl (C=O) groups is 2.